The van der Waals surface area contributed by atoms with Crippen LogP contribution in [0.5, 0.6) is 5.75 Å². The second-order valence-corrected chi connectivity index (χ2v) is 6.62. The van der Waals surface area contributed by atoms with E-state index in [4.69, 9.17) is 9.26 Å². The number of likely N-dealkylation sites (tertiary alicyclic amines) is 1. The molecule has 1 amide bonds. The lowest BCUT2D eigenvalue weighted by Crippen LogP contribution is -2.39. The van der Waals surface area contributed by atoms with E-state index in [1.54, 1.807) is 35.4 Å². The fourth-order valence-electron chi connectivity index (χ4n) is 3.34. The SMILES string of the molecule is CCn1nccc1C(=O)N1CCC(c2noc(COc3cccnc3)n2)CC1. The molecule has 0 bridgehead atoms. The zero-order valence-electron chi connectivity index (χ0n) is 15.7. The molecule has 9 heteroatoms. The van der Waals surface area contributed by atoms with Gasteiger partial charge >= 0.3 is 0 Å². The Bertz CT molecular complexity index is 915. The minimum absolute atomic E-state index is 0.0245. The van der Waals surface area contributed by atoms with Gasteiger partial charge in [-0.25, -0.2) is 0 Å². The third-order valence-electron chi connectivity index (χ3n) is 4.86. The smallest absolute Gasteiger partial charge is 0.272 e. The van der Waals surface area contributed by atoms with Crippen LogP contribution in [0.4, 0.5) is 0 Å². The second-order valence-electron chi connectivity index (χ2n) is 6.62. The van der Waals surface area contributed by atoms with Crippen molar-refractivity contribution in [2.24, 2.45) is 0 Å². The van der Waals surface area contributed by atoms with Crippen LogP contribution in [0.1, 0.15) is 47.9 Å². The number of carbonyl (C=O) groups is 1. The first-order valence-electron chi connectivity index (χ1n) is 9.41. The minimum Gasteiger partial charge on any atom is -0.482 e. The summed E-state index contributed by atoms with van der Waals surface area (Å²) in [6.45, 7) is 4.18. The summed E-state index contributed by atoms with van der Waals surface area (Å²) < 4.78 is 12.6. The van der Waals surface area contributed by atoms with Crippen LogP contribution in [0, 0.1) is 0 Å². The largest absolute Gasteiger partial charge is 0.482 e. The van der Waals surface area contributed by atoms with Crippen LogP contribution in [0.2, 0.25) is 0 Å². The third-order valence-corrected chi connectivity index (χ3v) is 4.86. The van der Waals surface area contributed by atoms with E-state index in [2.05, 4.69) is 20.2 Å². The lowest BCUT2D eigenvalue weighted by atomic mass is 9.96. The number of hydrogen-bond donors (Lipinski definition) is 0. The number of rotatable bonds is 6. The number of amides is 1. The Hall–Kier alpha value is -3.23. The lowest BCUT2D eigenvalue weighted by Gasteiger charge is -2.30. The van der Waals surface area contributed by atoms with E-state index in [1.807, 2.05) is 17.9 Å². The van der Waals surface area contributed by atoms with E-state index in [0.717, 1.165) is 12.8 Å². The van der Waals surface area contributed by atoms with Crippen molar-refractivity contribution in [3.63, 3.8) is 0 Å². The highest BCUT2D eigenvalue weighted by Crippen LogP contribution is 2.27. The Morgan fingerprint density at radius 2 is 2.14 bits per heavy atom. The fraction of sp³-hybridized carbons (Fsp3) is 0.421. The minimum atomic E-state index is 0.0245. The number of hydrogen-bond acceptors (Lipinski definition) is 7. The Kier molecular flexibility index (Phi) is 5.31. The lowest BCUT2D eigenvalue weighted by molar-refractivity contribution is 0.0698. The molecule has 4 rings (SSSR count). The molecule has 0 aromatic carbocycles. The first-order chi connectivity index (χ1) is 13.7. The molecule has 1 aliphatic rings. The van der Waals surface area contributed by atoms with Crippen molar-refractivity contribution in [3.05, 3.63) is 54.2 Å². The maximum atomic E-state index is 12.7. The summed E-state index contributed by atoms with van der Waals surface area (Å²) in [4.78, 5) is 23.0. The molecule has 3 aromatic heterocycles. The molecular weight excluding hydrogens is 360 g/mol. The molecule has 0 N–H and O–H groups in total. The van der Waals surface area contributed by atoms with E-state index >= 15 is 0 Å². The quantitative estimate of drug-likeness (QED) is 0.645. The molecule has 0 spiro atoms. The average Bonchev–Trinajstić information content (AvgIpc) is 3.42. The Morgan fingerprint density at radius 1 is 1.29 bits per heavy atom. The molecule has 1 saturated heterocycles. The van der Waals surface area contributed by atoms with E-state index in [1.165, 1.54) is 0 Å². The predicted molar refractivity (Wildman–Crippen MR) is 98.6 cm³/mol. The van der Waals surface area contributed by atoms with Crippen molar-refractivity contribution in [1.29, 1.82) is 0 Å². The topological polar surface area (TPSA) is 99.2 Å². The van der Waals surface area contributed by atoms with Crippen LogP contribution in [-0.2, 0) is 13.2 Å². The predicted octanol–water partition coefficient (Wildman–Crippen LogP) is 2.28. The number of ether oxygens (including phenoxy) is 1. The second kappa shape index (κ2) is 8.20. The van der Waals surface area contributed by atoms with Crippen LogP contribution in [0.15, 0.2) is 41.3 Å². The Balaban J connectivity index is 1.31. The van der Waals surface area contributed by atoms with E-state index in [0.29, 0.717) is 42.8 Å². The van der Waals surface area contributed by atoms with Gasteiger partial charge in [0.2, 0.25) is 0 Å². The molecule has 4 heterocycles. The summed E-state index contributed by atoms with van der Waals surface area (Å²) in [5, 5.41) is 8.28. The third kappa shape index (κ3) is 3.88. The molecule has 0 radical (unpaired) electrons. The Labute approximate surface area is 162 Å². The molecule has 1 fully saturated rings. The highest BCUT2D eigenvalue weighted by atomic mass is 16.5. The maximum absolute atomic E-state index is 12.7. The molecule has 3 aromatic rings. The van der Waals surface area contributed by atoms with E-state index in [-0.39, 0.29) is 18.4 Å². The van der Waals surface area contributed by atoms with Crippen molar-refractivity contribution in [1.82, 2.24) is 29.8 Å². The molecule has 1 aliphatic heterocycles. The van der Waals surface area contributed by atoms with Gasteiger partial charge in [0.15, 0.2) is 12.4 Å². The molecular formula is C19H22N6O3. The van der Waals surface area contributed by atoms with Gasteiger partial charge < -0.3 is 14.2 Å². The van der Waals surface area contributed by atoms with Crippen molar-refractivity contribution in [2.45, 2.75) is 38.8 Å². The normalized spacial score (nSPS) is 15.0. The first-order valence-corrected chi connectivity index (χ1v) is 9.41. The van der Waals surface area contributed by atoms with Gasteiger partial charge in [0, 0.05) is 37.9 Å². The highest BCUT2D eigenvalue weighted by Gasteiger charge is 2.28. The zero-order valence-corrected chi connectivity index (χ0v) is 15.7. The van der Waals surface area contributed by atoms with Gasteiger partial charge in [-0.05, 0) is 38.0 Å². The molecule has 146 valence electrons. The number of carbonyl (C=O) groups excluding carboxylic acids is 1. The standard InChI is InChI=1S/C19H22N6O3/c1-2-25-16(5-9-21-25)19(26)24-10-6-14(7-11-24)18-22-17(28-23-18)13-27-15-4-3-8-20-12-15/h3-5,8-9,12,14H,2,6-7,10-11,13H2,1H3. The van der Waals surface area contributed by atoms with Crippen LogP contribution in [-0.4, -0.2) is 48.8 Å². The van der Waals surface area contributed by atoms with Gasteiger partial charge in [0.1, 0.15) is 11.4 Å². The number of aromatic nitrogens is 5. The van der Waals surface area contributed by atoms with Gasteiger partial charge in [0.05, 0.1) is 6.20 Å². The molecule has 0 saturated carbocycles. The zero-order chi connectivity index (χ0) is 19.3. The first kappa shape index (κ1) is 18.1. The van der Waals surface area contributed by atoms with Crippen LogP contribution in [0.3, 0.4) is 0 Å². The summed E-state index contributed by atoms with van der Waals surface area (Å²) in [6, 6.07) is 5.39. The molecule has 9 nitrogen and oxygen atoms in total. The van der Waals surface area contributed by atoms with Crippen molar-refractivity contribution in [2.75, 3.05) is 13.1 Å². The van der Waals surface area contributed by atoms with Crippen LogP contribution < -0.4 is 4.74 Å². The highest BCUT2D eigenvalue weighted by molar-refractivity contribution is 5.92. The number of piperidine rings is 1. The van der Waals surface area contributed by atoms with Crippen LogP contribution >= 0.6 is 0 Å². The van der Waals surface area contributed by atoms with Gasteiger partial charge in [-0.1, -0.05) is 5.16 Å². The summed E-state index contributed by atoms with van der Waals surface area (Å²) in [6.07, 6.45) is 6.58. The molecule has 0 atom stereocenters. The van der Waals surface area contributed by atoms with Gasteiger partial charge in [-0.15, -0.1) is 0 Å². The van der Waals surface area contributed by atoms with Crippen molar-refractivity contribution >= 4 is 5.91 Å². The molecule has 0 unspecified atom stereocenters. The van der Waals surface area contributed by atoms with Gasteiger partial charge in [-0.2, -0.15) is 10.1 Å². The summed E-state index contributed by atoms with van der Waals surface area (Å²) in [7, 11) is 0. The van der Waals surface area contributed by atoms with Crippen molar-refractivity contribution in [3.8, 4) is 5.75 Å². The summed E-state index contributed by atoms with van der Waals surface area (Å²) in [5.41, 5.74) is 0.635. The fourth-order valence-corrected chi connectivity index (χ4v) is 3.34. The van der Waals surface area contributed by atoms with Crippen molar-refractivity contribution < 1.29 is 14.1 Å². The average molecular weight is 382 g/mol. The maximum Gasteiger partial charge on any atom is 0.272 e. The molecule has 0 aliphatic carbocycles. The Morgan fingerprint density at radius 3 is 2.89 bits per heavy atom. The number of nitrogens with zero attached hydrogens (tertiary/aromatic N) is 6. The van der Waals surface area contributed by atoms with Gasteiger partial charge in [0.25, 0.3) is 11.8 Å². The summed E-state index contributed by atoms with van der Waals surface area (Å²) in [5.74, 6) is 1.97. The summed E-state index contributed by atoms with van der Waals surface area (Å²) >= 11 is 0. The van der Waals surface area contributed by atoms with Gasteiger partial charge in [-0.3, -0.25) is 14.5 Å². The van der Waals surface area contributed by atoms with E-state index < -0.39 is 0 Å². The van der Waals surface area contributed by atoms with Crippen LogP contribution in [0.25, 0.3) is 0 Å². The number of aryl methyl sites for hydroxylation is 1. The number of pyridine rings is 1. The van der Waals surface area contributed by atoms with E-state index in [9.17, 15) is 4.79 Å². The monoisotopic (exact) mass is 382 g/mol. The molecule has 28 heavy (non-hydrogen) atoms.